The van der Waals surface area contributed by atoms with Crippen LogP contribution in [0.2, 0.25) is 0 Å². The zero-order chi connectivity index (χ0) is 15.8. The molecular formula is C18H23N3O2. The Bertz CT molecular complexity index is 664. The van der Waals surface area contributed by atoms with Crippen molar-refractivity contribution in [3.63, 3.8) is 0 Å². The van der Waals surface area contributed by atoms with Crippen LogP contribution < -0.4 is 0 Å². The van der Waals surface area contributed by atoms with Crippen LogP contribution in [0.4, 0.5) is 0 Å². The van der Waals surface area contributed by atoms with Crippen LogP contribution in [-0.4, -0.2) is 47.1 Å². The van der Waals surface area contributed by atoms with Gasteiger partial charge in [0.15, 0.2) is 0 Å². The number of methoxy groups -OCH3 is 1. The van der Waals surface area contributed by atoms with Crippen LogP contribution in [0.25, 0.3) is 11.0 Å². The van der Waals surface area contributed by atoms with Gasteiger partial charge in [0.2, 0.25) is 5.91 Å². The summed E-state index contributed by atoms with van der Waals surface area (Å²) in [7, 11) is 1.80. The van der Waals surface area contributed by atoms with Crippen molar-refractivity contribution in [2.45, 2.75) is 31.8 Å². The Balaban J connectivity index is 1.37. The van der Waals surface area contributed by atoms with Gasteiger partial charge in [-0.2, -0.15) is 0 Å². The summed E-state index contributed by atoms with van der Waals surface area (Å²) >= 11 is 0. The molecule has 122 valence electrons. The van der Waals surface area contributed by atoms with E-state index in [0.29, 0.717) is 30.8 Å². The molecule has 0 radical (unpaired) electrons. The van der Waals surface area contributed by atoms with E-state index in [1.807, 2.05) is 29.2 Å². The molecule has 1 aliphatic carbocycles. The summed E-state index contributed by atoms with van der Waals surface area (Å²) in [4.78, 5) is 22.4. The van der Waals surface area contributed by atoms with Gasteiger partial charge in [-0.3, -0.25) is 4.79 Å². The molecule has 1 aromatic heterocycles. The number of rotatable bonds is 4. The van der Waals surface area contributed by atoms with Gasteiger partial charge in [0.05, 0.1) is 17.1 Å². The molecule has 2 aromatic rings. The summed E-state index contributed by atoms with van der Waals surface area (Å²) in [5, 5.41) is 0. The molecule has 1 amide bonds. The Hall–Kier alpha value is -1.88. The van der Waals surface area contributed by atoms with Crippen molar-refractivity contribution in [3.05, 3.63) is 30.1 Å². The van der Waals surface area contributed by atoms with Crippen molar-refractivity contribution < 1.29 is 9.53 Å². The lowest BCUT2D eigenvalue weighted by molar-refractivity contribution is -0.136. The van der Waals surface area contributed by atoms with Crippen LogP contribution in [0.15, 0.2) is 24.3 Å². The lowest BCUT2D eigenvalue weighted by Crippen LogP contribution is -2.48. The smallest absolute Gasteiger partial charge is 0.223 e. The summed E-state index contributed by atoms with van der Waals surface area (Å²) in [5.41, 5.74) is 2.00. The van der Waals surface area contributed by atoms with E-state index in [1.165, 1.54) is 12.8 Å². The molecule has 1 unspecified atom stereocenters. The first-order chi connectivity index (χ1) is 11.2. The normalized spacial score (nSPS) is 26.8. The SMILES string of the molecule is COC1[C@@H]2CC[C@H]1CN(C(=O)CCc1nc3ccccc3[nH]1)C2. The number of ether oxygens (including phenoxy) is 1. The largest absolute Gasteiger partial charge is 0.381 e. The Morgan fingerprint density at radius 1 is 1.30 bits per heavy atom. The van der Waals surface area contributed by atoms with Gasteiger partial charge in [-0.1, -0.05) is 12.1 Å². The standard InChI is InChI=1S/C18H23N3O2/c1-23-18-12-6-7-13(18)11-21(10-12)17(22)9-8-16-19-14-4-2-3-5-15(14)20-16/h2-5,12-13,18H,6-11H2,1H3,(H,19,20)/t12-,13+,18?. The van der Waals surface area contributed by atoms with Crippen LogP contribution in [-0.2, 0) is 16.0 Å². The van der Waals surface area contributed by atoms with Gasteiger partial charge < -0.3 is 14.6 Å². The fourth-order valence-corrected chi connectivity index (χ4v) is 4.27. The van der Waals surface area contributed by atoms with E-state index in [4.69, 9.17) is 4.74 Å². The van der Waals surface area contributed by atoms with Crippen molar-refractivity contribution in [1.82, 2.24) is 14.9 Å². The molecule has 2 bridgehead atoms. The maximum atomic E-state index is 12.5. The van der Waals surface area contributed by atoms with Crippen LogP contribution >= 0.6 is 0 Å². The second-order valence-electron chi connectivity index (χ2n) is 6.80. The molecule has 2 aliphatic rings. The first-order valence-electron chi connectivity index (χ1n) is 8.49. The van der Waals surface area contributed by atoms with Crippen molar-refractivity contribution >= 4 is 16.9 Å². The Morgan fingerprint density at radius 3 is 2.74 bits per heavy atom. The Kier molecular flexibility index (Phi) is 3.81. The molecule has 5 nitrogen and oxygen atoms in total. The predicted octanol–water partition coefficient (Wildman–Crippen LogP) is 2.38. The Labute approximate surface area is 136 Å². The monoisotopic (exact) mass is 313 g/mol. The van der Waals surface area contributed by atoms with Gasteiger partial charge in [-0.15, -0.1) is 0 Å². The van der Waals surface area contributed by atoms with Crippen molar-refractivity contribution in [2.24, 2.45) is 11.8 Å². The number of aryl methyl sites for hydroxylation is 1. The van der Waals surface area contributed by atoms with E-state index in [9.17, 15) is 4.79 Å². The number of benzene rings is 1. The molecule has 1 saturated carbocycles. The van der Waals surface area contributed by atoms with E-state index in [2.05, 4.69) is 9.97 Å². The van der Waals surface area contributed by atoms with E-state index >= 15 is 0 Å². The number of aromatic nitrogens is 2. The highest BCUT2D eigenvalue weighted by Gasteiger charge is 2.43. The fourth-order valence-electron chi connectivity index (χ4n) is 4.27. The topological polar surface area (TPSA) is 58.2 Å². The molecule has 23 heavy (non-hydrogen) atoms. The number of para-hydroxylation sites is 2. The number of amides is 1. The zero-order valence-corrected chi connectivity index (χ0v) is 13.5. The minimum Gasteiger partial charge on any atom is -0.381 e. The molecule has 4 rings (SSSR count). The van der Waals surface area contributed by atoms with Crippen LogP contribution in [0.1, 0.15) is 25.1 Å². The van der Waals surface area contributed by atoms with Gasteiger partial charge in [-0.05, 0) is 25.0 Å². The molecule has 0 spiro atoms. The molecule has 1 aliphatic heterocycles. The first-order valence-corrected chi connectivity index (χ1v) is 8.49. The highest BCUT2D eigenvalue weighted by atomic mass is 16.5. The third kappa shape index (κ3) is 2.74. The molecule has 2 heterocycles. The van der Waals surface area contributed by atoms with Crippen molar-refractivity contribution in [3.8, 4) is 0 Å². The number of piperidine rings is 1. The number of carbonyl (C=O) groups excluding carboxylic acids is 1. The third-order valence-corrected chi connectivity index (χ3v) is 5.39. The quantitative estimate of drug-likeness (QED) is 0.943. The summed E-state index contributed by atoms with van der Waals surface area (Å²) in [6.45, 7) is 1.71. The van der Waals surface area contributed by atoms with Crippen molar-refractivity contribution in [2.75, 3.05) is 20.2 Å². The number of nitrogens with one attached hydrogen (secondary N) is 1. The Morgan fingerprint density at radius 2 is 2.04 bits per heavy atom. The first kappa shape index (κ1) is 14.7. The minimum atomic E-state index is 0.247. The number of likely N-dealkylation sites (tertiary alicyclic amines) is 1. The number of nitrogens with zero attached hydrogens (tertiary/aromatic N) is 2. The summed E-state index contributed by atoms with van der Waals surface area (Å²) < 4.78 is 5.62. The van der Waals surface area contributed by atoms with Gasteiger partial charge in [0.1, 0.15) is 5.82 Å². The van der Waals surface area contributed by atoms with E-state index in [1.54, 1.807) is 7.11 Å². The number of hydrogen-bond acceptors (Lipinski definition) is 3. The van der Waals surface area contributed by atoms with Gasteiger partial charge in [0.25, 0.3) is 0 Å². The predicted molar refractivity (Wildman–Crippen MR) is 88.0 cm³/mol. The van der Waals surface area contributed by atoms with Crippen molar-refractivity contribution in [1.29, 1.82) is 0 Å². The molecule has 5 heteroatoms. The van der Waals surface area contributed by atoms with E-state index in [-0.39, 0.29) is 5.91 Å². The lowest BCUT2D eigenvalue weighted by Gasteiger charge is -2.37. The van der Waals surface area contributed by atoms with Gasteiger partial charge in [0, 0.05) is 44.9 Å². The number of carbonyl (C=O) groups is 1. The summed E-state index contributed by atoms with van der Waals surface area (Å²) in [6.07, 6.45) is 3.94. The lowest BCUT2D eigenvalue weighted by atomic mass is 9.94. The second kappa shape index (κ2) is 5.96. The molecule has 1 N–H and O–H groups in total. The highest BCUT2D eigenvalue weighted by Crippen LogP contribution is 2.38. The number of H-pyrrole nitrogens is 1. The third-order valence-electron chi connectivity index (χ3n) is 5.39. The highest BCUT2D eigenvalue weighted by molar-refractivity contribution is 5.77. The van der Waals surface area contributed by atoms with E-state index in [0.717, 1.165) is 29.9 Å². The molecule has 1 saturated heterocycles. The summed E-state index contributed by atoms with van der Waals surface area (Å²) in [5.74, 6) is 2.19. The van der Waals surface area contributed by atoms with E-state index < -0.39 is 0 Å². The second-order valence-corrected chi connectivity index (χ2v) is 6.80. The number of hydrogen-bond donors (Lipinski definition) is 1. The van der Waals surface area contributed by atoms with Crippen LogP contribution in [0.5, 0.6) is 0 Å². The average Bonchev–Trinajstić information content (AvgIpc) is 3.09. The number of imidazole rings is 1. The molecule has 2 fully saturated rings. The number of aromatic amines is 1. The maximum Gasteiger partial charge on any atom is 0.223 e. The number of fused-ring (bicyclic) bond motifs is 3. The average molecular weight is 313 g/mol. The molecular weight excluding hydrogens is 290 g/mol. The maximum absolute atomic E-state index is 12.5. The van der Waals surface area contributed by atoms with Crippen LogP contribution in [0.3, 0.4) is 0 Å². The van der Waals surface area contributed by atoms with Crippen LogP contribution in [0, 0.1) is 11.8 Å². The minimum absolute atomic E-state index is 0.247. The molecule has 1 aromatic carbocycles. The van der Waals surface area contributed by atoms with Gasteiger partial charge in [-0.25, -0.2) is 4.98 Å². The fraction of sp³-hybridized carbons (Fsp3) is 0.556. The van der Waals surface area contributed by atoms with Gasteiger partial charge >= 0.3 is 0 Å². The molecule has 3 atom stereocenters. The summed E-state index contributed by atoms with van der Waals surface area (Å²) in [6, 6.07) is 7.98. The zero-order valence-electron chi connectivity index (χ0n) is 13.5.